The quantitative estimate of drug-likeness (QED) is 0.499. The standard InChI is InChI=1S/C24H22NO2P/c1-19(20-11-5-2-6-12-20)25-28(26)17-23(21-13-7-3-8-14-21)27-24(18-28)22-15-9-4-10-16-22/h2-19H,1H3,(H,25,26)/t19-/m0/s1. The van der Waals surface area contributed by atoms with Crippen LogP contribution in [0.3, 0.4) is 0 Å². The molecule has 1 N–H and O–H groups in total. The first-order valence-corrected chi connectivity index (χ1v) is 11.1. The van der Waals surface area contributed by atoms with Crippen LogP contribution in [0.4, 0.5) is 0 Å². The van der Waals surface area contributed by atoms with Crippen LogP contribution in [0.1, 0.15) is 29.7 Å². The number of hydrogen-bond donors (Lipinski definition) is 1. The molecule has 3 nitrogen and oxygen atoms in total. The lowest BCUT2D eigenvalue weighted by molar-refractivity contribution is 0.467. The topological polar surface area (TPSA) is 38.3 Å². The van der Waals surface area contributed by atoms with Gasteiger partial charge in [-0.1, -0.05) is 91.0 Å². The van der Waals surface area contributed by atoms with E-state index < -0.39 is 7.29 Å². The van der Waals surface area contributed by atoms with E-state index in [2.05, 4.69) is 5.09 Å². The minimum atomic E-state index is -2.98. The molecule has 1 heterocycles. The number of ether oxygens (including phenoxy) is 1. The van der Waals surface area contributed by atoms with Crippen molar-refractivity contribution >= 4 is 18.8 Å². The summed E-state index contributed by atoms with van der Waals surface area (Å²) in [7, 11) is -2.98. The molecule has 1 atom stereocenters. The molecule has 28 heavy (non-hydrogen) atoms. The zero-order valence-corrected chi connectivity index (χ0v) is 16.6. The van der Waals surface area contributed by atoms with Crippen LogP contribution in [0, 0.1) is 0 Å². The lowest BCUT2D eigenvalue weighted by Gasteiger charge is -2.26. The average molecular weight is 387 g/mol. The van der Waals surface area contributed by atoms with Crippen LogP contribution in [0.5, 0.6) is 0 Å². The zero-order chi connectivity index (χ0) is 19.4. The van der Waals surface area contributed by atoms with Crippen molar-refractivity contribution in [3.8, 4) is 0 Å². The van der Waals surface area contributed by atoms with E-state index in [1.807, 2.05) is 97.9 Å². The van der Waals surface area contributed by atoms with Gasteiger partial charge in [-0.25, -0.2) is 0 Å². The summed E-state index contributed by atoms with van der Waals surface area (Å²) in [6.07, 6.45) is 0. The van der Waals surface area contributed by atoms with Gasteiger partial charge in [0.1, 0.15) is 11.5 Å². The molecule has 0 spiro atoms. The Kier molecular flexibility index (Phi) is 5.29. The van der Waals surface area contributed by atoms with E-state index in [-0.39, 0.29) is 6.04 Å². The maximum absolute atomic E-state index is 13.8. The van der Waals surface area contributed by atoms with Gasteiger partial charge >= 0.3 is 0 Å². The summed E-state index contributed by atoms with van der Waals surface area (Å²) in [5.74, 6) is 4.68. The van der Waals surface area contributed by atoms with Crippen LogP contribution in [-0.4, -0.2) is 0 Å². The molecule has 1 aliphatic rings. The molecule has 0 aromatic heterocycles. The second-order valence-corrected chi connectivity index (χ2v) is 8.99. The first-order chi connectivity index (χ1) is 13.6. The van der Waals surface area contributed by atoms with Gasteiger partial charge in [-0.3, -0.25) is 9.65 Å². The van der Waals surface area contributed by atoms with Crippen molar-refractivity contribution in [2.24, 2.45) is 0 Å². The zero-order valence-electron chi connectivity index (χ0n) is 15.7. The molecule has 3 aromatic rings. The van der Waals surface area contributed by atoms with Gasteiger partial charge in [0, 0.05) is 28.8 Å². The van der Waals surface area contributed by atoms with Crippen molar-refractivity contribution in [2.45, 2.75) is 13.0 Å². The number of benzene rings is 3. The molecule has 4 heteroatoms. The molecule has 0 unspecified atom stereocenters. The minimum absolute atomic E-state index is 0.0633. The lowest BCUT2D eigenvalue weighted by Crippen LogP contribution is -2.15. The SMILES string of the molecule is C[C@H](NP1(=O)C=C(c2ccccc2)OC(c2ccccc2)=C1)c1ccccc1. The maximum atomic E-state index is 13.8. The molecule has 0 fully saturated rings. The highest BCUT2D eigenvalue weighted by molar-refractivity contribution is 7.68. The van der Waals surface area contributed by atoms with Crippen LogP contribution in [0.2, 0.25) is 0 Å². The second-order valence-electron chi connectivity index (χ2n) is 6.79. The van der Waals surface area contributed by atoms with Gasteiger partial charge in [0.05, 0.1) is 0 Å². The highest BCUT2D eigenvalue weighted by Gasteiger charge is 2.28. The number of hydrogen-bond acceptors (Lipinski definition) is 2. The predicted octanol–water partition coefficient (Wildman–Crippen LogP) is 6.64. The van der Waals surface area contributed by atoms with Gasteiger partial charge < -0.3 is 4.74 Å². The second kappa shape index (κ2) is 8.02. The Morgan fingerprint density at radius 2 is 1.14 bits per heavy atom. The van der Waals surface area contributed by atoms with Gasteiger partial charge in [-0.05, 0) is 12.5 Å². The minimum Gasteiger partial charge on any atom is -0.456 e. The summed E-state index contributed by atoms with van der Waals surface area (Å²) in [4.78, 5) is 0. The molecule has 140 valence electrons. The van der Waals surface area contributed by atoms with Gasteiger partial charge in [-0.2, -0.15) is 0 Å². The molecule has 4 rings (SSSR count). The van der Waals surface area contributed by atoms with E-state index in [1.165, 1.54) is 0 Å². The molecule has 0 amide bonds. The van der Waals surface area contributed by atoms with E-state index >= 15 is 0 Å². The Morgan fingerprint density at radius 3 is 1.61 bits per heavy atom. The van der Waals surface area contributed by atoms with Crippen molar-refractivity contribution in [2.75, 3.05) is 0 Å². The third kappa shape index (κ3) is 4.17. The third-order valence-corrected chi connectivity index (χ3v) is 6.68. The third-order valence-electron chi connectivity index (χ3n) is 4.65. The monoisotopic (exact) mass is 387 g/mol. The lowest BCUT2D eigenvalue weighted by atomic mass is 10.1. The summed E-state index contributed by atoms with van der Waals surface area (Å²) in [6.45, 7) is 2.02. The van der Waals surface area contributed by atoms with E-state index in [4.69, 9.17) is 4.74 Å². The van der Waals surface area contributed by atoms with Crippen molar-refractivity contribution in [3.63, 3.8) is 0 Å². The summed E-state index contributed by atoms with van der Waals surface area (Å²) >= 11 is 0. The smallest absolute Gasteiger partial charge is 0.198 e. The van der Waals surface area contributed by atoms with E-state index in [1.54, 1.807) is 11.6 Å². The Bertz CT molecular complexity index is 984. The molecule has 0 radical (unpaired) electrons. The van der Waals surface area contributed by atoms with Crippen molar-refractivity contribution in [3.05, 3.63) is 119 Å². The van der Waals surface area contributed by atoms with Crippen molar-refractivity contribution in [1.29, 1.82) is 0 Å². The molecule has 0 saturated carbocycles. The van der Waals surface area contributed by atoms with E-state index in [9.17, 15) is 4.57 Å². The largest absolute Gasteiger partial charge is 0.456 e. The highest BCUT2D eigenvalue weighted by Crippen LogP contribution is 2.54. The molecule has 1 aliphatic heterocycles. The van der Waals surface area contributed by atoms with Crippen molar-refractivity contribution < 1.29 is 9.30 Å². The first kappa shape index (κ1) is 18.5. The van der Waals surface area contributed by atoms with Crippen molar-refractivity contribution in [1.82, 2.24) is 5.09 Å². The molecular weight excluding hydrogens is 365 g/mol. The van der Waals surface area contributed by atoms with Gasteiger partial charge in [-0.15, -0.1) is 0 Å². The summed E-state index contributed by atoms with van der Waals surface area (Å²) < 4.78 is 20.0. The fourth-order valence-electron chi connectivity index (χ4n) is 3.22. The summed E-state index contributed by atoms with van der Waals surface area (Å²) in [5, 5.41) is 3.33. The number of nitrogens with one attached hydrogen (secondary N) is 1. The Hall–Kier alpha value is -2.87. The Morgan fingerprint density at radius 1 is 0.714 bits per heavy atom. The average Bonchev–Trinajstić information content (AvgIpc) is 2.75. The highest BCUT2D eigenvalue weighted by atomic mass is 31.2. The Balaban J connectivity index is 1.73. The fraction of sp³-hybridized carbons (Fsp3) is 0.0833. The van der Waals surface area contributed by atoms with Gasteiger partial charge in [0.2, 0.25) is 0 Å². The van der Waals surface area contributed by atoms with Gasteiger partial charge in [0.15, 0.2) is 7.29 Å². The van der Waals surface area contributed by atoms with E-state index in [0.717, 1.165) is 16.7 Å². The molecule has 0 saturated heterocycles. The first-order valence-electron chi connectivity index (χ1n) is 9.29. The van der Waals surface area contributed by atoms with Crippen LogP contribution in [0.25, 0.3) is 11.5 Å². The van der Waals surface area contributed by atoms with Crippen LogP contribution in [0.15, 0.2) is 103 Å². The fourth-order valence-corrected chi connectivity index (χ4v) is 5.30. The van der Waals surface area contributed by atoms with Crippen LogP contribution in [-0.2, 0) is 9.30 Å². The maximum Gasteiger partial charge on any atom is 0.198 e. The molecule has 3 aromatic carbocycles. The normalized spacial score (nSPS) is 16.5. The molecule has 0 bridgehead atoms. The van der Waals surface area contributed by atoms with Gasteiger partial charge in [0.25, 0.3) is 0 Å². The predicted molar refractivity (Wildman–Crippen MR) is 116 cm³/mol. The summed E-state index contributed by atoms with van der Waals surface area (Å²) in [5.41, 5.74) is 2.89. The van der Waals surface area contributed by atoms with Crippen LogP contribution >= 0.6 is 7.29 Å². The van der Waals surface area contributed by atoms with Crippen LogP contribution < -0.4 is 5.09 Å². The Labute approximate surface area is 165 Å². The van der Waals surface area contributed by atoms with E-state index in [0.29, 0.717) is 11.5 Å². The molecular formula is C24H22NO2P. The summed E-state index contributed by atoms with van der Waals surface area (Å²) in [6, 6.07) is 29.5. The molecule has 0 aliphatic carbocycles. The number of rotatable bonds is 5.